The molecular weight excluding hydrogens is 548 g/mol. The highest BCUT2D eigenvalue weighted by Gasteiger charge is 2.33. The molecule has 2 heterocycles. The number of carbonyl (C=O) groups excluding carboxylic acids is 2. The number of anilines is 3. The lowest BCUT2D eigenvalue weighted by Crippen LogP contribution is -2.44. The molecule has 3 aromatic carbocycles. The molecule has 10 heteroatoms. The molecule has 2 aliphatic heterocycles. The number of morpholine rings is 1. The fourth-order valence-corrected chi connectivity index (χ4v) is 5.28. The fourth-order valence-electron chi connectivity index (χ4n) is 5.28. The summed E-state index contributed by atoms with van der Waals surface area (Å²) < 4.78 is 18.4. The molecule has 2 aliphatic rings. The average Bonchev–Trinajstić information content (AvgIpc) is 3.03. The van der Waals surface area contributed by atoms with E-state index in [1.165, 1.54) is 0 Å². The molecule has 2 fully saturated rings. The molecule has 0 unspecified atom stereocenters. The van der Waals surface area contributed by atoms with Crippen LogP contribution in [0, 0.1) is 0 Å². The predicted molar refractivity (Wildman–Crippen MR) is 164 cm³/mol. The van der Waals surface area contributed by atoms with Crippen LogP contribution in [0.1, 0.15) is 54.8 Å². The molecule has 0 saturated carbocycles. The summed E-state index contributed by atoms with van der Waals surface area (Å²) in [7, 11) is 0. The Balaban J connectivity index is 1.15. The van der Waals surface area contributed by atoms with Gasteiger partial charge in [0.15, 0.2) is 6.29 Å². The molecule has 228 valence electrons. The Kier molecular flexibility index (Phi) is 10.8. The van der Waals surface area contributed by atoms with E-state index in [0.717, 1.165) is 56.0 Å². The average molecular weight is 589 g/mol. The van der Waals surface area contributed by atoms with Crippen molar-refractivity contribution >= 4 is 28.9 Å². The molecule has 3 atom stereocenters. The molecular formula is C33H40N4O6. The van der Waals surface area contributed by atoms with Gasteiger partial charge in [0.25, 0.3) is 0 Å². The lowest BCUT2D eigenvalue weighted by atomic mass is 9.99. The number of ether oxygens (including phenoxy) is 3. The first-order chi connectivity index (χ1) is 21.0. The quantitative estimate of drug-likeness (QED) is 0.242. The number of amides is 2. The van der Waals surface area contributed by atoms with Crippen LogP contribution in [0.3, 0.4) is 0 Å². The summed E-state index contributed by atoms with van der Waals surface area (Å²) in [6.07, 6.45) is 0.807. The summed E-state index contributed by atoms with van der Waals surface area (Å²) in [5, 5.41) is 15.1. The zero-order chi connectivity index (χ0) is 30.0. The number of aliphatic hydroxyl groups is 1. The van der Waals surface area contributed by atoms with Gasteiger partial charge in [-0.05, 0) is 41.8 Å². The third kappa shape index (κ3) is 8.85. The number of benzene rings is 3. The molecule has 43 heavy (non-hydrogen) atoms. The number of carbonyl (C=O) groups is 2. The Labute approximate surface area is 252 Å². The fraction of sp³-hybridized carbons (Fsp3) is 0.394. The minimum absolute atomic E-state index is 0.000765. The second-order valence-corrected chi connectivity index (χ2v) is 10.9. The number of hydrogen-bond donors (Lipinski definition) is 4. The van der Waals surface area contributed by atoms with Gasteiger partial charge in [-0.1, -0.05) is 48.5 Å². The topological polar surface area (TPSA) is 135 Å². The van der Waals surface area contributed by atoms with Gasteiger partial charge in [-0.25, -0.2) is 0 Å². The van der Waals surface area contributed by atoms with Crippen molar-refractivity contribution in [3.05, 3.63) is 89.5 Å². The highest BCUT2D eigenvalue weighted by Crippen LogP contribution is 2.38. The first kappa shape index (κ1) is 30.7. The second-order valence-electron chi connectivity index (χ2n) is 10.9. The Morgan fingerprint density at radius 1 is 0.860 bits per heavy atom. The number of para-hydroxylation sites is 2. The van der Waals surface area contributed by atoms with E-state index in [-0.39, 0.29) is 43.5 Å². The summed E-state index contributed by atoms with van der Waals surface area (Å²) >= 11 is 0. The SMILES string of the molecule is Nc1ccccc1NC(=O)CCCC(=O)Nc1ccc([C@@H]2O[C@H](CN3CCOCC3)C[C@H](c3ccc(CO)cc3)O2)cc1. The third-order valence-corrected chi connectivity index (χ3v) is 7.69. The van der Waals surface area contributed by atoms with Gasteiger partial charge < -0.3 is 35.7 Å². The second kappa shape index (κ2) is 15.1. The van der Waals surface area contributed by atoms with Crippen LogP contribution in [0.25, 0.3) is 0 Å². The Hall–Kier alpha value is -3.80. The monoisotopic (exact) mass is 588 g/mol. The molecule has 5 N–H and O–H groups in total. The van der Waals surface area contributed by atoms with Crippen LogP contribution in [-0.4, -0.2) is 60.8 Å². The van der Waals surface area contributed by atoms with E-state index in [9.17, 15) is 14.7 Å². The van der Waals surface area contributed by atoms with Crippen LogP contribution in [0.4, 0.5) is 17.1 Å². The summed E-state index contributed by atoms with van der Waals surface area (Å²) in [5.74, 6) is -0.348. The first-order valence-corrected chi connectivity index (χ1v) is 14.8. The van der Waals surface area contributed by atoms with Gasteiger partial charge >= 0.3 is 0 Å². The Bertz CT molecular complexity index is 1340. The van der Waals surface area contributed by atoms with Crippen molar-refractivity contribution in [3.63, 3.8) is 0 Å². The number of nitrogens with two attached hydrogens (primary N) is 1. The molecule has 5 rings (SSSR count). The van der Waals surface area contributed by atoms with E-state index >= 15 is 0 Å². The van der Waals surface area contributed by atoms with E-state index in [0.29, 0.717) is 23.5 Å². The number of rotatable bonds is 11. The highest BCUT2D eigenvalue weighted by molar-refractivity contribution is 5.94. The van der Waals surface area contributed by atoms with E-state index in [2.05, 4.69) is 15.5 Å². The summed E-state index contributed by atoms with van der Waals surface area (Å²) in [6.45, 7) is 3.99. The van der Waals surface area contributed by atoms with Crippen molar-refractivity contribution in [2.75, 3.05) is 49.2 Å². The molecule has 0 radical (unpaired) electrons. The Morgan fingerprint density at radius 3 is 2.23 bits per heavy atom. The van der Waals surface area contributed by atoms with Crippen LogP contribution in [-0.2, 0) is 30.4 Å². The number of aliphatic hydroxyl groups excluding tert-OH is 1. The molecule has 0 bridgehead atoms. The van der Waals surface area contributed by atoms with E-state index in [4.69, 9.17) is 19.9 Å². The van der Waals surface area contributed by atoms with E-state index in [1.807, 2.05) is 48.5 Å². The highest BCUT2D eigenvalue weighted by atomic mass is 16.7. The normalized spacial score (nSPS) is 20.8. The third-order valence-electron chi connectivity index (χ3n) is 7.69. The minimum atomic E-state index is -0.566. The maximum Gasteiger partial charge on any atom is 0.224 e. The van der Waals surface area contributed by atoms with Gasteiger partial charge in [-0.2, -0.15) is 0 Å². The van der Waals surface area contributed by atoms with Crippen molar-refractivity contribution in [1.29, 1.82) is 0 Å². The molecule has 2 saturated heterocycles. The van der Waals surface area contributed by atoms with E-state index < -0.39 is 6.29 Å². The van der Waals surface area contributed by atoms with Gasteiger partial charge in [0.2, 0.25) is 11.8 Å². The standard InChI is InChI=1S/C33H40N4O6/c34-28-4-1-2-5-29(28)36-32(40)7-3-6-31(39)35-26-14-12-25(13-15-26)33-42-27(21-37-16-18-41-19-17-37)20-30(43-33)24-10-8-23(22-38)9-11-24/h1-2,4-5,8-15,27,30,33,38H,3,6-7,16-22,34H2,(H,35,39)(H,36,40)/t27-,30+,33+/m0/s1. The van der Waals surface area contributed by atoms with Gasteiger partial charge in [-0.3, -0.25) is 14.5 Å². The van der Waals surface area contributed by atoms with Crippen molar-refractivity contribution < 1.29 is 28.9 Å². The largest absolute Gasteiger partial charge is 0.397 e. The molecule has 2 amide bonds. The lowest BCUT2D eigenvalue weighted by molar-refractivity contribution is -0.253. The summed E-state index contributed by atoms with van der Waals surface area (Å²) in [6, 6.07) is 22.4. The van der Waals surface area contributed by atoms with Crippen molar-refractivity contribution in [2.24, 2.45) is 0 Å². The molecule has 0 spiro atoms. The number of hydrogen-bond acceptors (Lipinski definition) is 8. The Morgan fingerprint density at radius 2 is 1.53 bits per heavy atom. The predicted octanol–water partition coefficient (Wildman–Crippen LogP) is 4.39. The van der Waals surface area contributed by atoms with Gasteiger partial charge in [0.1, 0.15) is 0 Å². The van der Waals surface area contributed by atoms with E-state index in [1.54, 1.807) is 24.3 Å². The van der Waals surface area contributed by atoms with Crippen LogP contribution < -0.4 is 16.4 Å². The van der Waals surface area contributed by atoms with Gasteiger partial charge in [-0.15, -0.1) is 0 Å². The summed E-state index contributed by atoms with van der Waals surface area (Å²) in [5.41, 5.74) is 10.4. The minimum Gasteiger partial charge on any atom is -0.397 e. The van der Waals surface area contributed by atoms with Gasteiger partial charge in [0, 0.05) is 50.1 Å². The lowest BCUT2D eigenvalue weighted by Gasteiger charge is -2.39. The maximum absolute atomic E-state index is 12.5. The van der Waals surface area contributed by atoms with Crippen LogP contribution >= 0.6 is 0 Å². The van der Waals surface area contributed by atoms with Gasteiger partial charge in [0.05, 0.1) is 43.4 Å². The molecule has 0 aliphatic carbocycles. The smallest absolute Gasteiger partial charge is 0.224 e. The maximum atomic E-state index is 12.5. The van der Waals surface area contributed by atoms with Crippen LogP contribution in [0.15, 0.2) is 72.8 Å². The zero-order valence-corrected chi connectivity index (χ0v) is 24.2. The van der Waals surface area contributed by atoms with Crippen molar-refractivity contribution in [2.45, 2.75) is 50.8 Å². The number of nitrogen functional groups attached to an aromatic ring is 1. The molecule has 0 aromatic heterocycles. The zero-order valence-electron chi connectivity index (χ0n) is 24.2. The van der Waals surface area contributed by atoms with Crippen LogP contribution in [0.5, 0.6) is 0 Å². The number of nitrogens with one attached hydrogen (secondary N) is 2. The summed E-state index contributed by atoms with van der Waals surface area (Å²) in [4.78, 5) is 27.1. The molecule has 10 nitrogen and oxygen atoms in total. The van der Waals surface area contributed by atoms with Crippen molar-refractivity contribution in [3.8, 4) is 0 Å². The molecule has 3 aromatic rings. The van der Waals surface area contributed by atoms with Crippen molar-refractivity contribution in [1.82, 2.24) is 4.90 Å². The van der Waals surface area contributed by atoms with Crippen LogP contribution in [0.2, 0.25) is 0 Å². The first-order valence-electron chi connectivity index (χ1n) is 14.8. The number of nitrogens with zero attached hydrogens (tertiary/aromatic N) is 1.